The average Bonchev–Trinajstić information content (AvgIpc) is 3.19. The molecule has 8 heteroatoms. The van der Waals surface area contributed by atoms with Crippen molar-refractivity contribution >= 4 is 21.6 Å². The zero-order valence-corrected chi connectivity index (χ0v) is 15.7. The predicted molar refractivity (Wildman–Crippen MR) is 99.6 cm³/mol. The Labute approximate surface area is 158 Å². The number of amides is 1. The van der Waals surface area contributed by atoms with Crippen LogP contribution in [0.5, 0.6) is 5.75 Å². The molecule has 1 N–H and O–H groups in total. The van der Waals surface area contributed by atoms with Gasteiger partial charge in [-0.05, 0) is 56.2 Å². The maximum atomic E-state index is 13.6. The van der Waals surface area contributed by atoms with Crippen LogP contribution in [0.1, 0.15) is 19.8 Å². The third-order valence-electron chi connectivity index (χ3n) is 4.33. The smallest absolute Gasteiger partial charge is 0.265 e. The van der Waals surface area contributed by atoms with Crippen molar-refractivity contribution in [2.45, 2.75) is 30.8 Å². The third kappa shape index (κ3) is 4.45. The zero-order chi connectivity index (χ0) is 19.4. The molecule has 0 unspecified atom stereocenters. The lowest BCUT2D eigenvalue weighted by molar-refractivity contribution is -0.122. The van der Waals surface area contributed by atoms with E-state index in [0.717, 1.165) is 12.8 Å². The fourth-order valence-electron chi connectivity index (χ4n) is 2.82. The molecule has 1 amide bonds. The molecular weight excluding hydrogens is 371 g/mol. The molecule has 1 atom stereocenters. The number of carbonyl (C=O) groups excluding carboxylic acids is 1. The van der Waals surface area contributed by atoms with Crippen LogP contribution in [0, 0.1) is 5.82 Å². The van der Waals surface area contributed by atoms with Gasteiger partial charge in [-0.1, -0.05) is 12.1 Å². The SMILES string of the molecule is C[C@H](Oc1ccccc1F)C(=O)Nc1ccc(S(=O)(=O)N2CCCC2)cc1. The molecule has 3 rings (SSSR count). The predicted octanol–water partition coefficient (Wildman–Crippen LogP) is 3.02. The number of ether oxygens (including phenoxy) is 1. The van der Waals surface area contributed by atoms with Crippen LogP contribution in [-0.2, 0) is 14.8 Å². The average molecular weight is 392 g/mol. The van der Waals surface area contributed by atoms with Crippen molar-refractivity contribution in [3.8, 4) is 5.75 Å². The van der Waals surface area contributed by atoms with Gasteiger partial charge in [0.25, 0.3) is 5.91 Å². The summed E-state index contributed by atoms with van der Waals surface area (Å²) in [6.45, 7) is 2.57. The number of halogens is 1. The summed E-state index contributed by atoms with van der Waals surface area (Å²) in [4.78, 5) is 12.4. The van der Waals surface area contributed by atoms with Crippen molar-refractivity contribution in [2.75, 3.05) is 18.4 Å². The van der Waals surface area contributed by atoms with Crippen molar-refractivity contribution in [1.82, 2.24) is 4.31 Å². The quantitative estimate of drug-likeness (QED) is 0.820. The molecule has 0 aliphatic carbocycles. The fraction of sp³-hybridized carbons (Fsp3) is 0.316. The molecule has 0 bridgehead atoms. The van der Waals surface area contributed by atoms with Gasteiger partial charge in [0, 0.05) is 18.8 Å². The minimum Gasteiger partial charge on any atom is -0.478 e. The van der Waals surface area contributed by atoms with E-state index in [2.05, 4.69) is 5.32 Å². The lowest BCUT2D eigenvalue weighted by Crippen LogP contribution is -2.30. The van der Waals surface area contributed by atoms with E-state index in [1.54, 1.807) is 6.07 Å². The van der Waals surface area contributed by atoms with E-state index >= 15 is 0 Å². The van der Waals surface area contributed by atoms with E-state index < -0.39 is 27.9 Å². The van der Waals surface area contributed by atoms with Gasteiger partial charge in [0.15, 0.2) is 17.7 Å². The van der Waals surface area contributed by atoms with Crippen LogP contribution in [0.3, 0.4) is 0 Å². The number of nitrogens with zero attached hydrogens (tertiary/aromatic N) is 1. The van der Waals surface area contributed by atoms with Crippen molar-refractivity contribution in [1.29, 1.82) is 0 Å². The van der Waals surface area contributed by atoms with Gasteiger partial charge < -0.3 is 10.1 Å². The summed E-state index contributed by atoms with van der Waals surface area (Å²) in [6.07, 6.45) is 0.815. The zero-order valence-electron chi connectivity index (χ0n) is 14.9. The largest absolute Gasteiger partial charge is 0.478 e. The van der Waals surface area contributed by atoms with Crippen LogP contribution in [-0.4, -0.2) is 37.8 Å². The highest BCUT2D eigenvalue weighted by atomic mass is 32.2. The second kappa shape index (κ2) is 8.06. The molecule has 0 saturated carbocycles. The Morgan fingerprint density at radius 1 is 1.11 bits per heavy atom. The number of sulfonamides is 1. The lowest BCUT2D eigenvalue weighted by Gasteiger charge is -2.17. The lowest BCUT2D eigenvalue weighted by atomic mass is 10.3. The molecular formula is C19H21FN2O4S. The van der Waals surface area contributed by atoms with Gasteiger partial charge in [-0.3, -0.25) is 4.79 Å². The minimum absolute atomic E-state index is 0.00722. The molecule has 1 fully saturated rings. The molecule has 2 aromatic carbocycles. The first-order chi connectivity index (χ1) is 12.9. The topological polar surface area (TPSA) is 75.7 Å². The number of rotatable bonds is 6. The first-order valence-electron chi connectivity index (χ1n) is 8.70. The molecule has 1 heterocycles. The van der Waals surface area contributed by atoms with E-state index in [4.69, 9.17) is 4.74 Å². The van der Waals surface area contributed by atoms with Gasteiger partial charge in [-0.25, -0.2) is 12.8 Å². The third-order valence-corrected chi connectivity index (χ3v) is 6.25. The Morgan fingerprint density at radius 2 is 1.74 bits per heavy atom. The number of hydrogen-bond acceptors (Lipinski definition) is 4. The number of hydrogen-bond donors (Lipinski definition) is 1. The summed E-state index contributed by atoms with van der Waals surface area (Å²) in [5, 5.41) is 2.63. The highest BCUT2D eigenvalue weighted by Gasteiger charge is 2.27. The normalized spacial score (nSPS) is 16.1. The molecule has 27 heavy (non-hydrogen) atoms. The Kier molecular flexibility index (Phi) is 5.76. The highest BCUT2D eigenvalue weighted by molar-refractivity contribution is 7.89. The van der Waals surface area contributed by atoms with Crippen LogP contribution in [0.4, 0.5) is 10.1 Å². The molecule has 0 aromatic heterocycles. The fourth-order valence-corrected chi connectivity index (χ4v) is 4.33. The number of benzene rings is 2. The summed E-state index contributed by atoms with van der Waals surface area (Å²) < 4.78 is 45.4. The summed E-state index contributed by atoms with van der Waals surface area (Å²) in [6, 6.07) is 11.8. The summed E-state index contributed by atoms with van der Waals surface area (Å²) in [5.41, 5.74) is 0.435. The molecule has 1 saturated heterocycles. The van der Waals surface area contributed by atoms with Crippen LogP contribution >= 0.6 is 0 Å². The van der Waals surface area contributed by atoms with Crippen molar-refractivity contribution in [3.63, 3.8) is 0 Å². The molecule has 0 radical (unpaired) electrons. The van der Waals surface area contributed by atoms with Crippen molar-refractivity contribution in [3.05, 3.63) is 54.3 Å². The molecule has 0 spiro atoms. The van der Waals surface area contributed by atoms with Gasteiger partial charge in [0.05, 0.1) is 4.90 Å². The van der Waals surface area contributed by atoms with Crippen LogP contribution in [0.15, 0.2) is 53.4 Å². The Balaban J connectivity index is 1.64. The number of para-hydroxylation sites is 1. The van der Waals surface area contributed by atoms with Crippen molar-refractivity contribution < 1.29 is 22.3 Å². The standard InChI is InChI=1S/C19H21FN2O4S/c1-14(26-18-7-3-2-6-17(18)20)19(23)21-15-8-10-16(11-9-15)27(24,25)22-12-4-5-13-22/h2-3,6-11,14H,4-5,12-13H2,1H3,(H,21,23)/t14-/m0/s1. The van der Waals surface area contributed by atoms with Crippen LogP contribution in [0.25, 0.3) is 0 Å². The molecule has 1 aliphatic rings. The number of carbonyl (C=O) groups is 1. The van der Waals surface area contributed by atoms with Gasteiger partial charge in [-0.15, -0.1) is 0 Å². The van der Waals surface area contributed by atoms with Gasteiger partial charge in [0.2, 0.25) is 10.0 Å². The maximum absolute atomic E-state index is 13.6. The minimum atomic E-state index is -3.49. The Bertz CT molecular complexity index is 910. The first kappa shape index (κ1) is 19.3. The monoisotopic (exact) mass is 392 g/mol. The Morgan fingerprint density at radius 3 is 2.37 bits per heavy atom. The summed E-state index contributed by atoms with van der Waals surface area (Å²) >= 11 is 0. The van der Waals surface area contributed by atoms with Crippen molar-refractivity contribution in [2.24, 2.45) is 0 Å². The van der Waals surface area contributed by atoms with Gasteiger partial charge in [0.1, 0.15) is 0 Å². The molecule has 144 valence electrons. The Hall–Kier alpha value is -2.45. The van der Waals surface area contributed by atoms with Gasteiger partial charge in [-0.2, -0.15) is 4.31 Å². The first-order valence-corrected chi connectivity index (χ1v) is 10.1. The summed E-state index contributed by atoms with van der Waals surface area (Å²) in [5.74, 6) is -1.02. The molecule has 2 aromatic rings. The van der Waals surface area contributed by atoms with Gasteiger partial charge >= 0.3 is 0 Å². The number of anilines is 1. The van der Waals surface area contributed by atoms with E-state index in [-0.39, 0.29) is 10.6 Å². The summed E-state index contributed by atoms with van der Waals surface area (Å²) in [7, 11) is -3.49. The van der Waals surface area contributed by atoms with E-state index in [1.807, 2.05) is 0 Å². The maximum Gasteiger partial charge on any atom is 0.265 e. The van der Waals surface area contributed by atoms with E-state index in [1.165, 1.54) is 53.7 Å². The molecule has 1 aliphatic heterocycles. The van der Waals surface area contributed by atoms with E-state index in [0.29, 0.717) is 18.8 Å². The van der Waals surface area contributed by atoms with E-state index in [9.17, 15) is 17.6 Å². The van der Waals surface area contributed by atoms with Crippen LogP contribution in [0.2, 0.25) is 0 Å². The highest BCUT2D eigenvalue weighted by Crippen LogP contribution is 2.22. The second-order valence-electron chi connectivity index (χ2n) is 6.32. The molecule has 6 nitrogen and oxygen atoms in total. The number of nitrogens with one attached hydrogen (secondary N) is 1. The second-order valence-corrected chi connectivity index (χ2v) is 8.25. The van der Waals surface area contributed by atoms with Crippen LogP contribution < -0.4 is 10.1 Å².